The normalized spacial score (nSPS) is 11.2. The van der Waals surface area contributed by atoms with Crippen LogP contribution in [0.3, 0.4) is 0 Å². The van der Waals surface area contributed by atoms with Crippen molar-refractivity contribution < 1.29 is 9.53 Å². The summed E-state index contributed by atoms with van der Waals surface area (Å²) in [7, 11) is 2.08. The molecule has 0 saturated heterocycles. The van der Waals surface area contributed by atoms with E-state index in [9.17, 15) is 4.79 Å². The van der Waals surface area contributed by atoms with Gasteiger partial charge in [-0.3, -0.25) is 4.79 Å². The zero-order valence-electron chi connectivity index (χ0n) is 18.6. The molecule has 2 rings (SSSR count). The van der Waals surface area contributed by atoms with E-state index in [0.29, 0.717) is 13.2 Å². The minimum absolute atomic E-state index is 0.117. The second kappa shape index (κ2) is 10.9. The summed E-state index contributed by atoms with van der Waals surface area (Å²) in [4.78, 5) is 14.8. The predicted molar refractivity (Wildman–Crippen MR) is 122 cm³/mol. The number of carbonyl (C=O) groups is 1. The maximum absolute atomic E-state index is 12.6. The van der Waals surface area contributed by atoms with Gasteiger partial charge in [-0.1, -0.05) is 44.2 Å². The van der Waals surface area contributed by atoms with E-state index in [-0.39, 0.29) is 5.91 Å². The molecule has 2 aromatic rings. The van der Waals surface area contributed by atoms with Crippen LogP contribution in [-0.4, -0.2) is 32.7 Å². The molecule has 0 aliphatic heterocycles. The molecule has 0 bridgehead atoms. The topological polar surface area (TPSA) is 41.6 Å². The van der Waals surface area contributed by atoms with Gasteiger partial charge in [0.2, 0.25) is 5.91 Å². The molecule has 0 radical (unpaired) electrons. The highest BCUT2D eigenvalue weighted by molar-refractivity contribution is 5.81. The van der Waals surface area contributed by atoms with E-state index in [1.165, 1.54) is 11.3 Å². The van der Waals surface area contributed by atoms with Crippen molar-refractivity contribution in [3.63, 3.8) is 0 Å². The molecule has 0 aliphatic carbocycles. The van der Waals surface area contributed by atoms with Crippen LogP contribution in [0, 0.1) is 19.3 Å². The molecular weight excluding hydrogens is 360 g/mol. The fourth-order valence-corrected chi connectivity index (χ4v) is 3.24. The molecule has 0 heterocycles. The van der Waals surface area contributed by atoms with Crippen LogP contribution in [-0.2, 0) is 4.79 Å². The summed E-state index contributed by atoms with van der Waals surface area (Å²) in [5.74, 6) is 1.06. The van der Waals surface area contributed by atoms with Gasteiger partial charge in [0.15, 0.2) is 0 Å². The minimum Gasteiger partial charge on any atom is -0.493 e. The van der Waals surface area contributed by atoms with Gasteiger partial charge in [0, 0.05) is 31.2 Å². The fourth-order valence-electron chi connectivity index (χ4n) is 3.24. The molecule has 0 saturated carbocycles. The van der Waals surface area contributed by atoms with Crippen LogP contribution in [0.1, 0.15) is 44.2 Å². The molecule has 0 fully saturated rings. The molecule has 0 aliphatic rings. The Balaban J connectivity index is 1.66. The zero-order chi connectivity index (χ0) is 21.3. The quantitative estimate of drug-likeness (QED) is 0.535. The van der Waals surface area contributed by atoms with Crippen LogP contribution >= 0.6 is 0 Å². The smallest absolute Gasteiger partial charge is 0.225 e. The molecule has 0 unspecified atom stereocenters. The van der Waals surface area contributed by atoms with Crippen molar-refractivity contribution in [2.24, 2.45) is 5.41 Å². The van der Waals surface area contributed by atoms with Crippen LogP contribution in [0.4, 0.5) is 5.69 Å². The monoisotopic (exact) mass is 396 g/mol. The number of aryl methyl sites for hydroxylation is 2. The molecule has 4 nitrogen and oxygen atoms in total. The predicted octanol–water partition coefficient (Wildman–Crippen LogP) is 5.13. The Morgan fingerprint density at radius 2 is 1.79 bits per heavy atom. The Labute approximate surface area is 176 Å². The average molecular weight is 397 g/mol. The number of ether oxygens (including phenoxy) is 1. The number of hydrogen-bond acceptors (Lipinski definition) is 3. The van der Waals surface area contributed by atoms with E-state index in [0.717, 1.165) is 37.1 Å². The summed E-state index contributed by atoms with van der Waals surface area (Å²) in [6.07, 6.45) is 2.57. The minimum atomic E-state index is -0.393. The lowest BCUT2D eigenvalue weighted by atomic mass is 9.87. The van der Waals surface area contributed by atoms with Crippen LogP contribution < -0.4 is 15.0 Å². The standard InChI is InChI=1S/C25H36N2O2/c1-20-13-14-21(2)23(19-20)29-18-9-15-25(3,4)24(28)26-16-10-17-27(5)22-11-7-6-8-12-22/h6-8,11-14,19H,9-10,15-18H2,1-5H3,(H,26,28). The molecule has 1 N–H and O–H groups in total. The van der Waals surface area contributed by atoms with Crippen LogP contribution in [0.2, 0.25) is 0 Å². The number of nitrogens with zero attached hydrogens (tertiary/aromatic N) is 1. The summed E-state index contributed by atoms with van der Waals surface area (Å²) in [5.41, 5.74) is 3.15. The van der Waals surface area contributed by atoms with E-state index in [2.05, 4.69) is 61.4 Å². The Hall–Kier alpha value is -2.49. The average Bonchev–Trinajstić information content (AvgIpc) is 2.71. The first-order valence-electron chi connectivity index (χ1n) is 10.5. The third-order valence-corrected chi connectivity index (χ3v) is 5.31. The number of rotatable bonds is 11. The second-order valence-corrected chi connectivity index (χ2v) is 8.47. The van der Waals surface area contributed by atoms with Gasteiger partial charge in [0.1, 0.15) is 5.75 Å². The largest absolute Gasteiger partial charge is 0.493 e. The molecule has 1 amide bonds. The number of carbonyl (C=O) groups excluding carboxylic acids is 1. The molecule has 4 heteroatoms. The Morgan fingerprint density at radius 1 is 1.07 bits per heavy atom. The van der Waals surface area contributed by atoms with Crippen LogP contribution in [0.5, 0.6) is 5.75 Å². The van der Waals surface area contributed by atoms with Crippen molar-refractivity contribution in [3.05, 3.63) is 59.7 Å². The van der Waals surface area contributed by atoms with Gasteiger partial charge in [-0.2, -0.15) is 0 Å². The molecule has 0 aromatic heterocycles. The van der Waals surface area contributed by atoms with Crippen LogP contribution in [0.25, 0.3) is 0 Å². The van der Waals surface area contributed by atoms with E-state index in [4.69, 9.17) is 4.74 Å². The first-order chi connectivity index (χ1) is 13.8. The lowest BCUT2D eigenvalue weighted by Crippen LogP contribution is -2.38. The zero-order valence-corrected chi connectivity index (χ0v) is 18.6. The first-order valence-corrected chi connectivity index (χ1v) is 10.5. The van der Waals surface area contributed by atoms with Gasteiger partial charge >= 0.3 is 0 Å². The van der Waals surface area contributed by atoms with Crippen molar-refractivity contribution in [1.29, 1.82) is 0 Å². The van der Waals surface area contributed by atoms with Crippen molar-refractivity contribution in [1.82, 2.24) is 5.32 Å². The van der Waals surface area contributed by atoms with E-state index in [1.54, 1.807) is 0 Å². The van der Waals surface area contributed by atoms with Crippen molar-refractivity contribution in [3.8, 4) is 5.75 Å². The van der Waals surface area contributed by atoms with Gasteiger partial charge in [0.05, 0.1) is 6.61 Å². The van der Waals surface area contributed by atoms with Gasteiger partial charge < -0.3 is 15.0 Å². The molecule has 158 valence electrons. The summed E-state index contributed by atoms with van der Waals surface area (Å²) < 4.78 is 5.92. The van der Waals surface area contributed by atoms with E-state index < -0.39 is 5.41 Å². The highest BCUT2D eigenvalue weighted by Gasteiger charge is 2.26. The Kier molecular flexibility index (Phi) is 8.56. The maximum Gasteiger partial charge on any atom is 0.225 e. The lowest BCUT2D eigenvalue weighted by Gasteiger charge is -2.24. The Bertz CT molecular complexity index is 772. The van der Waals surface area contributed by atoms with Gasteiger partial charge in [-0.15, -0.1) is 0 Å². The number of amides is 1. The van der Waals surface area contributed by atoms with E-state index in [1.807, 2.05) is 32.0 Å². The number of nitrogens with one attached hydrogen (secondary N) is 1. The van der Waals surface area contributed by atoms with Crippen molar-refractivity contribution in [2.75, 3.05) is 31.6 Å². The molecule has 0 spiro atoms. The van der Waals surface area contributed by atoms with Gasteiger partial charge in [-0.05, 0) is 62.4 Å². The highest BCUT2D eigenvalue weighted by atomic mass is 16.5. The second-order valence-electron chi connectivity index (χ2n) is 8.47. The van der Waals surface area contributed by atoms with Crippen LogP contribution in [0.15, 0.2) is 48.5 Å². The number of para-hydroxylation sites is 1. The molecule has 2 aromatic carbocycles. The number of anilines is 1. The first kappa shape index (κ1) is 22.8. The van der Waals surface area contributed by atoms with Gasteiger partial charge in [0.25, 0.3) is 0 Å². The van der Waals surface area contributed by atoms with E-state index >= 15 is 0 Å². The lowest BCUT2D eigenvalue weighted by molar-refractivity contribution is -0.129. The molecular formula is C25H36N2O2. The highest BCUT2D eigenvalue weighted by Crippen LogP contribution is 2.24. The number of benzene rings is 2. The summed E-state index contributed by atoms with van der Waals surface area (Å²) in [6.45, 7) is 10.4. The Morgan fingerprint density at radius 3 is 2.52 bits per heavy atom. The van der Waals surface area contributed by atoms with Gasteiger partial charge in [-0.25, -0.2) is 0 Å². The summed E-state index contributed by atoms with van der Waals surface area (Å²) in [6, 6.07) is 16.5. The molecule has 0 atom stereocenters. The SMILES string of the molecule is Cc1ccc(C)c(OCCCC(C)(C)C(=O)NCCCN(C)c2ccccc2)c1. The number of hydrogen-bond donors (Lipinski definition) is 1. The fraction of sp³-hybridized carbons (Fsp3) is 0.480. The maximum atomic E-state index is 12.6. The third kappa shape index (κ3) is 7.45. The summed E-state index contributed by atoms with van der Waals surface area (Å²) in [5, 5.41) is 3.10. The third-order valence-electron chi connectivity index (χ3n) is 5.31. The van der Waals surface area contributed by atoms with Crippen molar-refractivity contribution >= 4 is 11.6 Å². The molecule has 29 heavy (non-hydrogen) atoms. The summed E-state index contributed by atoms with van der Waals surface area (Å²) >= 11 is 0. The van der Waals surface area contributed by atoms with Crippen molar-refractivity contribution in [2.45, 2.75) is 47.0 Å².